The number of pyridine rings is 1. The van der Waals surface area contributed by atoms with Gasteiger partial charge in [0.15, 0.2) is 11.6 Å². The number of aromatic amines is 1. The predicted molar refractivity (Wildman–Crippen MR) is 78.3 cm³/mol. The van der Waals surface area contributed by atoms with Gasteiger partial charge in [0.2, 0.25) is 0 Å². The fourth-order valence-corrected chi connectivity index (χ4v) is 2.00. The summed E-state index contributed by atoms with van der Waals surface area (Å²) in [5.41, 5.74) is 1.17. The number of nitro benzene ring substituents is 1. The molecule has 8 heteroatoms. The van der Waals surface area contributed by atoms with Crippen molar-refractivity contribution in [3.05, 3.63) is 52.8 Å². The Bertz CT molecular complexity index is 816. The molecule has 2 heterocycles. The number of nitrogens with zero attached hydrogens (tertiary/aromatic N) is 4. The molecule has 0 aliphatic heterocycles. The Morgan fingerprint density at radius 2 is 2.18 bits per heavy atom. The maximum atomic E-state index is 10.9. The highest BCUT2D eigenvalue weighted by Gasteiger charge is 2.16. The van der Waals surface area contributed by atoms with Gasteiger partial charge in [0.05, 0.1) is 17.6 Å². The average molecular weight is 297 g/mol. The topological polar surface area (TPSA) is 107 Å². The highest BCUT2D eigenvalue weighted by atomic mass is 16.6. The first-order valence-electron chi connectivity index (χ1n) is 6.34. The predicted octanol–water partition coefficient (Wildman–Crippen LogP) is 2.45. The van der Waals surface area contributed by atoms with Crippen LogP contribution in [0.25, 0.3) is 22.8 Å². The molecule has 0 saturated carbocycles. The zero-order chi connectivity index (χ0) is 15.5. The lowest BCUT2D eigenvalue weighted by Gasteiger charge is -2.05. The van der Waals surface area contributed by atoms with E-state index in [-0.39, 0.29) is 5.69 Å². The molecule has 2 aromatic heterocycles. The molecule has 0 fully saturated rings. The van der Waals surface area contributed by atoms with Crippen LogP contribution < -0.4 is 4.74 Å². The average Bonchev–Trinajstić information content (AvgIpc) is 3.05. The van der Waals surface area contributed by atoms with Gasteiger partial charge in [-0.2, -0.15) is 5.10 Å². The summed E-state index contributed by atoms with van der Waals surface area (Å²) in [5, 5.41) is 17.8. The molecule has 0 spiro atoms. The summed E-state index contributed by atoms with van der Waals surface area (Å²) in [4.78, 5) is 18.8. The molecule has 8 nitrogen and oxygen atoms in total. The number of nitro groups is 1. The van der Waals surface area contributed by atoms with Gasteiger partial charge in [-0.1, -0.05) is 0 Å². The van der Waals surface area contributed by atoms with E-state index in [0.717, 1.165) is 5.56 Å². The molecule has 0 atom stereocenters. The minimum atomic E-state index is -0.471. The van der Waals surface area contributed by atoms with Crippen molar-refractivity contribution in [2.24, 2.45) is 0 Å². The first-order valence-corrected chi connectivity index (χ1v) is 6.34. The van der Waals surface area contributed by atoms with Crippen molar-refractivity contribution < 1.29 is 9.66 Å². The molecular formula is C14H11N5O3. The van der Waals surface area contributed by atoms with Crippen LogP contribution in [0.1, 0.15) is 0 Å². The number of non-ortho nitro benzene ring substituents is 1. The van der Waals surface area contributed by atoms with Crippen LogP contribution in [-0.4, -0.2) is 32.2 Å². The first kappa shape index (κ1) is 13.7. The van der Waals surface area contributed by atoms with Gasteiger partial charge < -0.3 is 4.74 Å². The van der Waals surface area contributed by atoms with E-state index in [4.69, 9.17) is 4.74 Å². The van der Waals surface area contributed by atoms with Gasteiger partial charge in [-0.05, 0) is 18.2 Å². The molecule has 0 aliphatic rings. The number of hydrogen-bond acceptors (Lipinski definition) is 6. The SMILES string of the molecule is COc1ccc([N+](=O)[O-])cc1-c1nc(-c2cccnc2)n[nH]1. The van der Waals surface area contributed by atoms with Gasteiger partial charge in [0, 0.05) is 30.1 Å². The zero-order valence-corrected chi connectivity index (χ0v) is 11.6. The van der Waals surface area contributed by atoms with E-state index in [1.807, 2.05) is 6.07 Å². The van der Waals surface area contributed by atoms with E-state index >= 15 is 0 Å². The van der Waals surface area contributed by atoms with Crippen LogP contribution in [0.15, 0.2) is 42.7 Å². The highest BCUT2D eigenvalue weighted by Crippen LogP contribution is 2.31. The number of methoxy groups -OCH3 is 1. The van der Waals surface area contributed by atoms with Crippen LogP contribution in [0.4, 0.5) is 5.69 Å². The lowest BCUT2D eigenvalue weighted by Crippen LogP contribution is -1.93. The fourth-order valence-electron chi connectivity index (χ4n) is 2.00. The summed E-state index contributed by atoms with van der Waals surface area (Å²) in [6, 6.07) is 7.90. The maximum Gasteiger partial charge on any atom is 0.270 e. The molecule has 1 aromatic carbocycles. The number of ether oxygens (including phenoxy) is 1. The lowest BCUT2D eigenvalue weighted by atomic mass is 10.1. The largest absolute Gasteiger partial charge is 0.496 e. The Morgan fingerprint density at radius 1 is 1.32 bits per heavy atom. The maximum absolute atomic E-state index is 10.9. The normalized spacial score (nSPS) is 10.4. The second-order valence-electron chi connectivity index (χ2n) is 4.39. The van der Waals surface area contributed by atoms with Gasteiger partial charge in [0.1, 0.15) is 5.75 Å². The summed E-state index contributed by atoms with van der Waals surface area (Å²) in [6.07, 6.45) is 3.29. The molecule has 110 valence electrons. The van der Waals surface area contributed by atoms with Gasteiger partial charge in [-0.25, -0.2) is 4.98 Å². The molecule has 0 saturated heterocycles. The van der Waals surface area contributed by atoms with Crippen molar-refractivity contribution in [1.29, 1.82) is 0 Å². The van der Waals surface area contributed by atoms with Gasteiger partial charge in [0.25, 0.3) is 5.69 Å². The third kappa shape index (κ3) is 2.49. The lowest BCUT2D eigenvalue weighted by molar-refractivity contribution is -0.384. The minimum Gasteiger partial charge on any atom is -0.496 e. The van der Waals surface area contributed by atoms with Gasteiger partial charge in [-0.15, -0.1) is 0 Å². The molecule has 0 amide bonds. The zero-order valence-electron chi connectivity index (χ0n) is 11.6. The summed E-state index contributed by atoms with van der Waals surface area (Å²) in [6.45, 7) is 0. The molecule has 0 bridgehead atoms. The van der Waals surface area contributed by atoms with Gasteiger partial charge >= 0.3 is 0 Å². The van der Waals surface area contributed by atoms with E-state index < -0.39 is 4.92 Å². The Kier molecular flexibility index (Phi) is 3.48. The molecule has 3 rings (SSSR count). The van der Waals surface area contributed by atoms with Crippen LogP contribution in [0.3, 0.4) is 0 Å². The second kappa shape index (κ2) is 5.60. The van der Waals surface area contributed by atoms with Crippen molar-refractivity contribution >= 4 is 5.69 Å². The minimum absolute atomic E-state index is 0.0462. The van der Waals surface area contributed by atoms with E-state index in [1.54, 1.807) is 18.5 Å². The Balaban J connectivity index is 2.06. The van der Waals surface area contributed by atoms with E-state index in [1.165, 1.54) is 25.3 Å². The van der Waals surface area contributed by atoms with Crippen LogP contribution >= 0.6 is 0 Å². The Hall–Kier alpha value is -3.29. The molecule has 0 unspecified atom stereocenters. The Labute approximate surface area is 125 Å². The smallest absolute Gasteiger partial charge is 0.270 e. The summed E-state index contributed by atoms with van der Waals surface area (Å²) in [7, 11) is 1.49. The quantitative estimate of drug-likeness (QED) is 0.585. The second-order valence-corrected chi connectivity index (χ2v) is 4.39. The van der Waals surface area contributed by atoms with Crippen LogP contribution in [0.2, 0.25) is 0 Å². The number of aromatic nitrogens is 4. The monoisotopic (exact) mass is 297 g/mol. The third-order valence-electron chi connectivity index (χ3n) is 3.05. The molecule has 1 N–H and O–H groups in total. The molecular weight excluding hydrogens is 286 g/mol. The highest BCUT2D eigenvalue weighted by molar-refractivity contribution is 5.69. The van der Waals surface area contributed by atoms with Crippen molar-refractivity contribution in [3.63, 3.8) is 0 Å². The fraction of sp³-hybridized carbons (Fsp3) is 0.0714. The van der Waals surface area contributed by atoms with Crippen LogP contribution in [-0.2, 0) is 0 Å². The standard InChI is InChI=1S/C14H11N5O3/c1-22-12-5-4-10(19(20)21)7-11(12)14-16-13(17-18-14)9-3-2-6-15-8-9/h2-8H,1H3,(H,16,17,18). The molecule has 0 aliphatic carbocycles. The summed E-state index contributed by atoms with van der Waals surface area (Å²) >= 11 is 0. The first-order chi connectivity index (χ1) is 10.7. The van der Waals surface area contributed by atoms with Crippen molar-refractivity contribution in [2.75, 3.05) is 7.11 Å². The number of H-pyrrole nitrogens is 1. The van der Waals surface area contributed by atoms with E-state index in [2.05, 4.69) is 20.2 Å². The Morgan fingerprint density at radius 3 is 2.86 bits per heavy atom. The number of nitrogens with one attached hydrogen (secondary N) is 1. The van der Waals surface area contributed by atoms with E-state index in [0.29, 0.717) is 23.0 Å². The van der Waals surface area contributed by atoms with Crippen LogP contribution in [0.5, 0.6) is 5.75 Å². The molecule has 0 radical (unpaired) electrons. The van der Waals surface area contributed by atoms with Crippen molar-refractivity contribution in [1.82, 2.24) is 20.2 Å². The van der Waals surface area contributed by atoms with E-state index in [9.17, 15) is 10.1 Å². The summed E-state index contributed by atoms with van der Waals surface area (Å²) < 4.78 is 5.23. The number of rotatable bonds is 4. The summed E-state index contributed by atoms with van der Waals surface area (Å²) in [5.74, 6) is 1.32. The number of hydrogen-bond donors (Lipinski definition) is 1. The molecule has 22 heavy (non-hydrogen) atoms. The van der Waals surface area contributed by atoms with Gasteiger partial charge in [-0.3, -0.25) is 20.2 Å². The van der Waals surface area contributed by atoms with Crippen LogP contribution in [0, 0.1) is 10.1 Å². The van der Waals surface area contributed by atoms with Crippen molar-refractivity contribution in [3.8, 4) is 28.5 Å². The third-order valence-corrected chi connectivity index (χ3v) is 3.05. The number of benzene rings is 1. The molecule has 3 aromatic rings. The van der Waals surface area contributed by atoms with Crippen molar-refractivity contribution in [2.45, 2.75) is 0 Å².